The highest BCUT2D eigenvalue weighted by Gasteiger charge is 2.24. The largest absolute Gasteiger partial charge is 0.356 e. The quantitative estimate of drug-likeness (QED) is 0.510. The number of guanidine groups is 1. The molecule has 0 spiro atoms. The number of nitrogens with zero attached hydrogens (tertiary/aromatic N) is 1. The first kappa shape index (κ1) is 21.7. The summed E-state index contributed by atoms with van der Waals surface area (Å²) in [6, 6.07) is 11.8. The zero-order chi connectivity index (χ0) is 20.7. The Bertz CT molecular complexity index is 850. The van der Waals surface area contributed by atoms with Gasteiger partial charge in [0.05, 0.1) is 0 Å². The van der Waals surface area contributed by atoms with Gasteiger partial charge in [-0.15, -0.1) is 0 Å². The molecule has 0 atom stereocenters. The van der Waals surface area contributed by atoms with E-state index in [2.05, 4.69) is 20.9 Å². The van der Waals surface area contributed by atoms with Crippen molar-refractivity contribution in [3.63, 3.8) is 0 Å². The molecule has 0 aromatic heterocycles. The van der Waals surface area contributed by atoms with E-state index in [1.54, 1.807) is 32.3 Å². The van der Waals surface area contributed by atoms with Crippen molar-refractivity contribution in [2.24, 2.45) is 4.99 Å². The van der Waals surface area contributed by atoms with E-state index >= 15 is 0 Å². The Kier molecular flexibility index (Phi) is 7.40. The number of nitrogens with one attached hydrogen (secondary N) is 3. The zero-order valence-corrected chi connectivity index (χ0v) is 17.3. The lowest BCUT2D eigenvalue weighted by Gasteiger charge is -2.27. The third-order valence-corrected chi connectivity index (χ3v) is 4.80. The van der Waals surface area contributed by atoms with E-state index in [1.807, 2.05) is 26.0 Å². The van der Waals surface area contributed by atoms with Crippen LogP contribution in [0.5, 0.6) is 0 Å². The van der Waals surface area contributed by atoms with Crippen LogP contribution in [0.2, 0.25) is 5.02 Å². The van der Waals surface area contributed by atoms with Crippen molar-refractivity contribution in [1.82, 2.24) is 16.0 Å². The Hall–Kier alpha value is -2.60. The van der Waals surface area contributed by atoms with Crippen molar-refractivity contribution in [2.75, 3.05) is 20.6 Å². The molecule has 150 valence electrons. The van der Waals surface area contributed by atoms with E-state index in [-0.39, 0.29) is 17.1 Å². The van der Waals surface area contributed by atoms with Crippen LogP contribution < -0.4 is 16.0 Å². The fourth-order valence-corrected chi connectivity index (χ4v) is 3.19. The number of aliphatic imine (C=N–C) groups is 1. The number of benzene rings is 2. The molecule has 0 aliphatic rings. The minimum absolute atomic E-state index is 0.112. The minimum atomic E-state index is -0.350. The van der Waals surface area contributed by atoms with Crippen LogP contribution in [-0.2, 0) is 12.0 Å². The van der Waals surface area contributed by atoms with Crippen molar-refractivity contribution in [1.29, 1.82) is 0 Å². The van der Waals surface area contributed by atoms with Gasteiger partial charge in [0, 0.05) is 43.2 Å². The van der Waals surface area contributed by atoms with Gasteiger partial charge in [-0.2, -0.15) is 0 Å². The molecular weight excluding hydrogens is 379 g/mol. The fourth-order valence-electron chi connectivity index (χ4n) is 2.76. The summed E-state index contributed by atoms with van der Waals surface area (Å²) >= 11 is 6.21. The second kappa shape index (κ2) is 9.55. The van der Waals surface area contributed by atoms with Crippen LogP contribution in [0.1, 0.15) is 35.3 Å². The van der Waals surface area contributed by atoms with Crippen molar-refractivity contribution < 1.29 is 9.18 Å². The van der Waals surface area contributed by atoms with Crippen LogP contribution in [0.15, 0.2) is 47.5 Å². The van der Waals surface area contributed by atoms with Gasteiger partial charge < -0.3 is 16.0 Å². The Morgan fingerprint density at radius 1 is 1.14 bits per heavy atom. The number of amides is 1. The van der Waals surface area contributed by atoms with Gasteiger partial charge in [-0.25, -0.2) is 4.39 Å². The van der Waals surface area contributed by atoms with Gasteiger partial charge in [-0.1, -0.05) is 43.6 Å². The summed E-state index contributed by atoms with van der Waals surface area (Å²) in [6.45, 7) is 5.19. The first-order valence-corrected chi connectivity index (χ1v) is 9.35. The molecule has 7 heteroatoms. The average molecular weight is 405 g/mol. The molecule has 0 radical (unpaired) electrons. The van der Waals surface area contributed by atoms with Crippen molar-refractivity contribution in [2.45, 2.75) is 25.8 Å². The molecule has 2 rings (SSSR count). The summed E-state index contributed by atoms with van der Waals surface area (Å²) in [6.07, 6.45) is 0. The molecule has 28 heavy (non-hydrogen) atoms. The molecule has 0 saturated heterocycles. The summed E-state index contributed by atoms with van der Waals surface area (Å²) in [5.41, 5.74) is 2.18. The lowest BCUT2D eigenvalue weighted by atomic mass is 9.84. The predicted molar refractivity (Wildman–Crippen MR) is 112 cm³/mol. The molecule has 1 amide bonds. The Morgan fingerprint density at radius 3 is 2.39 bits per heavy atom. The fraction of sp³-hybridized carbons (Fsp3) is 0.333. The molecule has 3 N–H and O–H groups in total. The summed E-state index contributed by atoms with van der Waals surface area (Å²) in [7, 11) is 3.30. The Balaban J connectivity index is 1.94. The molecule has 0 bridgehead atoms. The van der Waals surface area contributed by atoms with Crippen molar-refractivity contribution >= 4 is 23.5 Å². The average Bonchev–Trinajstić information content (AvgIpc) is 2.67. The molecule has 0 fully saturated rings. The van der Waals surface area contributed by atoms with Crippen LogP contribution in [0, 0.1) is 5.82 Å². The number of halogens is 2. The zero-order valence-electron chi connectivity index (χ0n) is 16.6. The second-order valence-corrected chi connectivity index (χ2v) is 7.47. The van der Waals surface area contributed by atoms with Gasteiger partial charge in [0.25, 0.3) is 5.91 Å². The number of hydrogen-bond acceptors (Lipinski definition) is 2. The van der Waals surface area contributed by atoms with Crippen molar-refractivity contribution in [3.8, 4) is 0 Å². The van der Waals surface area contributed by atoms with E-state index in [0.29, 0.717) is 29.6 Å². The van der Waals surface area contributed by atoms with E-state index in [1.165, 1.54) is 12.1 Å². The van der Waals surface area contributed by atoms with Crippen LogP contribution >= 0.6 is 11.6 Å². The molecule has 0 unspecified atom stereocenters. The van der Waals surface area contributed by atoms with Crippen LogP contribution in [0.4, 0.5) is 4.39 Å². The molecule has 2 aromatic rings. The summed E-state index contributed by atoms with van der Waals surface area (Å²) in [5.74, 6) is 0.179. The summed E-state index contributed by atoms with van der Waals surface area (Å²) in [5, 5.41) is 9.53. The highest BCUT2D eigenvalue weighted by atomic mass is 35.5. The Labute approximate surface area is 170 Å². The molecular formula is C21H26ClFN4O. The van der Waals surface area contributed by atoms with Crippen molar-refractivity contribution in [3.05, 3.63) is 70.0 Å². The Morgan fingerprint density at radius 2 is 1.82 bits per heavy atom. The van der Waals surface area contributed by atoms with E-state index in [9.17, 15) is 9.18 Å². The predicted octanol–water partition coefficient (Wildman–Crippen LogP) is 3.48. The van der Waals surface area contributed by atoms with Crippen LogP contribution in [0.3, 0.4) is 0 Å². The van der Waals surface area contributed by atoms with Gasteiger partial charge in [0.1, 0.15) is 5.82 Å². The third kappa shape index (κ3) is 5.70. The normalized spacial score (nSPS) is 11.9. The van der Waals surface area contributed by atoms with E-state index in [0.717, 1.165) is 11.1 Å². The van der Waals surface area contributed by atoms with Crippen LogP contribution in [0.25, 0.3) is 0 Å². The summed E-state index contributed by atoms with van der Waals surface area (Å²) < 4.78 is 13.3. The molecule has 2 aromatic carbocycles. The van der Waals surface area contributed by atoms with E-state index in [4.69, 9.17) is 11.6 Å². The lowest BCUT2D eigenvalue weighted by molar-refractivity contribution is 0.0963. The van der Waals surface area contributed by atoms with Gasteiger partial charge in [0.2, 0.25) is 0 Å². The van der Waals surface area contributed by atoms with Gasteiger partial charge in [-0.05, 0) is 35.4 Å². The first-order valence-electron chi connectivity index (χ1n) is 8.98. The maximum absolute atomic E-state index is 13.3. The summed E-state index contributed by atoms with van der Waals surface area (Å²) in [4.78, 5) is 15.8. The molecule has 0 aliphatic heterocycles. The number of rotatable bonds is 6. The van der Waals surface area contributed by atoms with Gasteiger partial charge >= 0.3 is 0 Å². The number of hydrogen-bond donors (Lipinski definition) is 3. The number of carbonyl (C=O) groups is 1. The third-order valence-electron chi connectivity index (χ3n) is 4.48. The lowest BCUT2D eigenvalue weighted by Crippen LogP contribution is -2.43. The molecule has 0 aliphatic carbocycles. The van der Waals surface area contributed by atoms with Gasteiger partial charge in [-0.3, -0.25) is 9.79 Å². The maximum atomic E-state index is 13.3. The SMILES string of the molecule is CN=C(NCc1ccc(C(=O)NC)cc1)NCC(C)(C)c1ccc(F)cc1Cl. The topological polar surface area (TPSA) is 65.5 Å². The van der Waals surface area contributed by atoms with Gasteiger partial charge in [0.15, 0.2) is 5.96 Å². The second-order valence-electron chi connectivity index (χ2n) is 7.06. The highest BCUT2D eigenvalue weighted by Crippen LogP contribution is 2.29. The first-order chi connectivity index (χ1) is 13.3. The smallest absolute Gasteiger partial charge is 0.251 e. The van der Waals surface area contributed by atoms with E-state index < -0.39 is 0 Å². The molecule has 0 saturated carbocycles. The standard InChI is InChI=1S/C21H26ClFN4O/c1-21(2,17-10-9-16(23)11-18(17)22)13-27-20(25-4)26-12-14-5-7-15(8-6-14)19(28)24-3/h5-11H,12-13H2,1-4H3,(H,24,28)(H2,25,26,27). The van der Waals surface area contributed by atoms with Crippen LogP contribution in [-0.4, -0.2) is 32.5 Å². The highest BCUT2D eigenvalue weighted by molar-refractivity contribution is 6.31. The monoisotopic (exact) mass is 404 g/mol. The number of carbonyl (C=O) groups excluding carboxylic acids is 1. The minimum Gasteiger partial charge on any atom is -0.356 e. The maximum Gasteiger partial charge on any atom is 0.251 e. The molecule has 0 heterocycles. The molecule has 5 nitrogen and oxygen atoms in total.